The van der Waals surface area contributed by atoms with E-state index in [-0.39, 0.29) is 5.82 Å². The number of hydrogen-bond acceptors (Lipinski definition) is 2. The van der Waals surface area contributed by atoms with Gasteiger partial charge in [-0.05, 0) is 61.5 Å². The van der Waals surface area contributed by atoms with Gasteiger partial charge in [-0.3, -0.25) is 4.90 Å². The maximum atomic E-state index is 13.7. The lowest BCUT2D eigenvalue weighted by molar-refractivity contribution is 0.152. The van der Waals surface area contributed by atoms with Crippen LogP contribution in [0.3, 0.4) is 0 Å². The second-order valence-electron chi connectivity index (χ2n) is 6.21. The molecule has 0 spiro atoms. The maximum Gasteiger partial charge on any atom is 0.124 e. The van der Waals surface area contributed by atoms with Crippen molar-refractivity contribution in [1.82, 2.24) is 4.90 Å². The Kier molecular flexibility index (Phi) is 5.78. The van der Waals surface area contributed by atoms with Crippen LogP contribution in [0.25, 0.3) is 0 Å². The van der Waals surface area contributed by atoms with E-state index in [1.54, 1.807) is 6.07 Å². The van der Waals surface area contributed by atoms with Crippen molar-refractivity contribution in [3.05, 3.63) is 35.1 Å². The van der Waals surface area contributed by atoms with Gasteiger partial charge in [-0.25, -0.2) is 4.39 Å². The lowest BCUT2D eigenvalue weighted by atomic mass is 9.86. The number of hydrogen-bond donors (Lipinski definition) is 1. The molecule has 0 radical (unpaired) electrons. The van der Waals surface area contributed by atoms with Crippen LogP contribution in [-0.4, -0.2) is 24.5 Å². The lowest BCUT2D eigenvalue weighted by Crippen LogP contribution is -2.34. The van der Waals surface area contributed by atoms with Crippen LogP contribution < -0.4 is 5.73 Å². The molecule has 2 rings (SSSR count). The quantitative estimate of drug-likeness (QED) is 0.866. The standard InChI is InChI=1S/C18H25FN2/c1-14(2)17-5-8-21(9-6-17)13-16-10-15(4-3-7-20)11-18(19)12-16/h10-12,14,17H,5-9,13,20H2,1-2H3. The second-order valence-corrected chi connectivity index (χ2v) is 6.21. The molecule has 1 heterocycles. The van der Waals surface area contributed by atoms with Crippen molar-refractivity contribution in [3.8, 4) is 11.8 Å². The van der Waals surface area contributed by atoms with Crippen LogP contribution in [0.1, 0.15) is 37.8 Å². The summed E-state index contributed by atoms with van der Waals surface area (Å²) >= 11 is 0. The lowest BCUT2D eigenvalue weighted by Gasteiger charge is -2.33. The molecule has 0 bridgehead atoms. The van der Waals surface area contributed by atoms with Gasteiger partial charge in [-0.2, -0.15) is 0 Å². The van der Waals surface area contributed by atoms with Gasteiger partial charge in [0.2, 0.25) is 0 Å². The van der Waals surface area contributed by atoms with E-state index >= 15 is 0 Å². The van der Waals surface area contributed by atoms with Crippen LogP contribution in [0.5, 0.6) is 0 Å². The highest BCUT2D eigenvalue weighted by molar-refractivity contribution is 5.38. The minimum Gasteiger partial charge on any atom is -0.320 e. The van der Waals surface area contributed by atoms with Crippen molar-refractivity contribution >= 4 is 0 Å². The Hall–Kier alpha value is -1.37. The molecule has 1 aromatic carbocycles. The van der Waals surface area contributed by atoms with E-state index in [0.29, 0.717) is 12.1 Å². The summed E-state index contributed by atoms with van der Waals surface area (Å²) in [5.41, 5.74) is 7.08. The minimum absolute atomic E-state index is 0.217. The van der Waals surface area contributed by atoms with Crippen molar-refractivity contribution in [1.29, 1.82) is 0 Å². The number of benzene rings is 1. The first-order valence-corrected chi connectivity index (χ1v) is 7.79. The number of piperidine rings is 1. The predicted octanol–water partition coefficient (Wildman–Crippen LogP) is 3.00. The second kappa shape index (κ2) is 7.59. The molecule has 0 saturated carbocycles. The molecule has 0 aromatic heterocycles. The average Bonchev–Trinajstić information content (AvgIpc) is 2.45. The summed E-state index contributed by atoms with van der Waals surface area (Å²) in [7, 11) is 0. The molecule has 0 aliphatic carbocycles. The molecule has 2 N–H and O–H groups in total. The van der Waals surface area contributed by atoms with Crippen LogP contribution in [0.4, 0.5) is 4.39 Å². The van der Waals surface area contributed by atoms with E-state index < -0.39 is 0 Å². The van der Waals surface area contributed by atoms with Crippen molar-refractivity contribution in [2.24, 2.45) is 17.6 Å². The van der Waals surface area contributed by atoms with Gasteiger partial charge in [0.05, 0.1) is 6.54 Å². The topological polar surface area (TPSA) is 29.3 Å². The van der Waals surface area contributed by atoms with Crippen LogP contribution in [0.2, 0.25) is 0 Å². The highest BCUT2D eigenvalue weighted by Crippen LogP contribution is 2.25. The molecular weight excluding hydrogens is 263 g/mol. The Morgan fingerprint density at radius 3 is 2.62 bits per heavy atom. The number of nitrogens with zero attached hydrogens (tertiary/aromatic N) is 1. The third-order valence-corrected chi connectivity index (χ3v) is 4.27. The van der Waals surface area contributed by atoms with Crippen LogP contribution in [0.15, 0.2) is 18.2 Å². The number of nitrogens with two attached hydrogens (primary N) is 1. The zero-order valence-corrected chi connectivity index (χ0v) is 13.0. The van der Waals surface area contributed by atoms with Crippen LogP contribution in [-0.2, 0) is 6.54 Å². The van der Waals surface area contributed by atoms with E-state index in [1.807, 2.05) is 6.07 Å². The molecule has 0 atom stereocenters. The Bertz CT molecular complexity index is 520. The number of likely N-dealkylation sites (tertiary alicyclic amines) is 1. The van der Waals surface area contributed by atoms with Crippen molar-refractivity contribution in [2.75, 3.05) is 19.6 Å². The molecular formula is C18H25FN2. The minimum atomic E-state index is -0.217. The normalized spacial score (nSPS) is 16.8. The molecule has 2 nitrogen and oxygen atoms in total. The Morgan fingerprint density at radius 2 is 2.00 bits per heavy atom. The molecule has 1 aliphatic heterocycles. The fourth-order valence-electron chi connectivity index (χ4n) is 3.00. The molecule has 114 valence electrons. The van der Waals surface area contributed by atoms with Gasteiger partial charge in [0.25, 0.3) is 0 Å². The highest BCUT2D eigenvalue weighted by atomic mass is 19.1. The largest absolute Gasteiger partial charge is 0.320 e. The summed E-state index contributed by atoms with van der Waals surface area (Å²) < 4.78 is 13.7. The number of halogens is 1. The predicted molar refractivity (Wildman–Crippen MR) is 85.2 cm³/mol. The fraction of sp³-hybridized carbons (Fsp3) is 0.556. The van der Waals surface area contributed by atoms with Gasteiger partial charge in [-0.1, -0.05) is 25.7 Å². The zero-order chi connectivity index (χ0) is 15.2. The van der Waals surface area contributed by atoms with Crippen LogP contribution in [0, 0.1) is 29.5 Å². The third kappa shape index (κ3) is 4.84. The summed E-state index contributed by atoms with van der Waals surface area (Å²) in [5.74, 6) is 7.07. The van der Waals surface area contributed by atoms with Gasteiger partial charge >= 0.3 is 0 Å². The molecule has 1 fully saturated rings. The SMILES string of the molecule is CC(C)C1CCN(Cc2cc(F)cc(C#CCN)c2)CC1. The first kappa shape index (κ1) is 16.0. The van der Waals surface area contributed by atoms with Gasteiger partial charge in [0, 0.05) is 12.1 Å². The fourth-order valence-corrected chi connectivity index (χ4v) is 3.00. The molecule has 0 amide bonds. The first-order chi connectivity index (χ1) is 10.1. The van der Waals surface area contributed by atoms with E-state index in [9.17, 15) is 4.39 Å². The molecule has 0 unspecified atom stereocenters. The Labute approximate surface area is 127 Å². The zero-order valence-electron chi connectivity index (χ0n) is 13.0. The Morgan fingerprint density at radius 1 is 1.29 bits per heavy atom. The summed E-state index contributed by atoms with van der Waals surface area (Å²) in [6.45, 7) is 7.91. The van der Waals surface area contributed by atoms with E-state index in [0.717, 1.165) is 37.0 Å². The molecule has 21 heavy (non-hydrogen) atoms. The van der Waals surface area contributed by atoms with Gasteiger partial charge in [0.1, 0.15) is 5.82 Å². The summed E-state index contributed by atoms with van der Waals surface area (Å²) in [6.07, 6.45) is 2.49. The van der Waals surface area contributed by atoms with Crippen molar-refractivity contribution in [3.63, 3.8) is 0 Å². The van der Waals surface area contributed by atoms with Crippen molar-refractivity contribution in [2.45, 2.75) is 33.2 Å². The third-order valence-electron chi connectivity index (χ3n) is 4.27. The summed E-state index contributed by atoms with van der Waals surface area (Å²) in [4.78, 5) is 2.41. The van der Waals surface area contributed by atoms with Gasteiger partial charge < -0.3 is 5.73 Å². The maximum absolute atomic E-state index is 13.7. The molecule has 1 aromatic rings. The monoisotopic (exact) mass is 288 g/mol. The molecule has 1 saturated heterocycles. The van der Waals surface area contributed by atoms with Gasteiger partial charge in [0.15, 0.2) is 0 Å². The number of rotatable bonds is 3. The Balaban J connectivity index is 1.99. The molecule has 1 aliphatic rings. The first-order valence-electron chi connectivity index (χ1n) is 7.79. The van der Waals surface area contributed by atoms with Gasteiger partial charge in [-0.15, -0.1) is 0 Å². The van der Waals surface area contributed by atoms with E-state index in [1.165, 1.54) is 18.9 Å². The van der Waals surface area contributed by atoms with E-state index in [4.69, 9.17) is 5.73 Å². The van der Waals surface area contributed by atoms with Crippen LogP contribution >= 0.6 is 0 Å². The van der Waals surface area contributed by atoms with E-state index in [2.05, 4.69) is 30.6 Å². The summed E-state index contributed by atoms with van der Waals surface area (Å²) in [6, 6.07) is 5.06. The van der Waals surface area contributed by atoms with Crippen molar-refractivity contribution < 1.29 is 4.39 Å². The smallest absolute Gasteiger partial charge is 0.124 e. The average molecular weight is 288 g/mol. The molecule has 3 heteroatoms. The highest BCUT2D eigenvalue weighted by Gasteiger charge is 2.21. The summed E-state index contributed by atoms with van der Waals surface area (Å²) in [5, 5.41) is 0.